The van der Waals surface area contributed by atoms with E-state index in [1.807, 2.05) is 6.92 Å². The number of aliphatic hydroxyl groups is 1. The molecular formula is C16H26O. The Kier molecular flexibility index (Phi) is 7.74. The molecule has 1 atom stereocenters. The minimum atomic E-state index is -0.0701. The summed E-state index contributed by atoms with van der Waals surface area (Å²) in [4.78, 5) is 0. The molecule has 0 aliphatic rings. The zero-order chi connectivity index (χ0) is 12.3. The summed E-state index contributed by atoms with van der Waals surface area (Å²) in [6.07, 6.45) is 9.38. The predicted octanol–water partition coefficient (Wildman–Crippen LogP) is 4.34. The predicted molar refractivity (Wildman–Crippen MR) is 74.1 cm³/mol. The van der Waals surface area contributed by atoms with Gasteiger partial charge in [-0.2, -0.15) is 0 Å². The molecule has 0 saturated carbocycles. The molecule has 0 aromatic heterocycles. The van der Waals surface area contributed by atoms with Crippen molar-refractivity contribution >= 4 is 0 Å². The van der Waals surface area contributed by atoms with Crippen molar-refractivity contribution in [1.29, 1.82) is 0 Å². The van der Waals surface area contributed by atoms with Gasteiger partial charge in [0.15, 0.2) is 0 Å². The highest BCUT2D eigenvalue weighted by Gasteiger charge is 1.99. The standard InChI is InChI=1S/C16H26O/c1-2-16(17)14-10-5-3-4-7-11-15-12-8-6-9-13-15/h6,8-9,12-13,16-17H,2-5,7,10-11,14H2,1H3/t16-/m0/s1. The van der Waals surface area contributed by atoms with Crippen LogP contribution in [0.1, 0.15) is 57.4 Å². The molecule has 0 saturated heterocycles. The number of unbranched alkanes of at least 4 members (excludes halogenated alkanes) is 4. The molecule has 1 aromatic carbocycles. The van der Waals surface area contributed by atoms with Crippen LogP contribution in [0.4, 0.5) is 0 Å². The molecule has 0 aliphatic heterocycles. The summed E-state index contributed by atoms with van der Waals surface area (Å²) in [6.45, 7) is 2.05. The van der Waals surface area contributed by atoms with Crippen molar-refractivity contribution in [3.8, 4) is 0 Å². The third-order valence-electron chi connectivity index (χ3n) is 3.32. The van der Waals surface area contributed by atoms with Gasteiger partial charge in [-0.15, -0.1) is 0 Å². The van der Waals surface area contributed by atoms with Gasteiger partial charge >= 0.3 is 0 Å². The second-order valence-corrected chi connectivity index (χ2v) is 4.85. The van der Waals surface area contributed by atoms with E-state index < -0.39 is 0 Å². The average Bonchev–Trinajstić information content (AvgIpc) is 2.38. The summed E-state index contributed by atoms with van der Waals surface area (Å²) in [5.74, 6) is 0. The van der Waals surface area contributed by atoms with Crippen molar-refractivity contribution < 1.29 is 5.11 Å². The van der Waals surface area contributed by atoms with Crippen LogP contribution >= 0.6 is 0 Å². The van der Waals surface area contributed by atoms with Gasteiger partial charge in [0.2, 0.25) is 0 Å². The van der Waals surface area contributed by atoms with Gasteiger partial charge in [-0.25, -0.2) is 0 Å². The number of aliphatic hydroxyl groups excluding tert-OH is 1. The molecule has 0 amide bonds. The van der Waals surface area contributed by atoms with Crippen molar-refractivity contribution in [3.63, 3.8) is 0 Å². The molecule has 96 valence electrons. The van der Waals surface area contributed by atoms with Gasteiger partial charge in [-0.3, -0.25) is 0 Å². The van der Waals surface area contributed by atoms with Crippen LogP contribution in [0, 0.1) is 0 Å². The van der Waals surface area contributed by atoms with Crippen LogP contribution in [0.5, 0.6) is 0 Å². The van der Waals surface area contributed by atoms with Crippen molar-refractivity contribution in [3.05, 3.63) is 35.9 Å². The summed E-state index contributed by atoms with van der Waals surface area (Å²) >= 11 is 0. The largest absolute Gasteiger partial charge is 0.393 e. The second-order valence-electron chi connectivity index (χ2n) is 4.85. The normalized spacial score (nSPS) is 12.6. The number of hydrogen-bond donors (Lipinski definition) is 1. The molecule has 0 radical (unpaired) electrons. The highest BCUT2D eigenvalue weighted by atomic mass is 16.3. The van der Waals surface area contributed by atoms with Gasteiger partial charge < -0.3 is 5.11 Å². The SMILES string of the molecule is CC[C@H](O)CCCCCCCc1ccccc1. The third kappa shape index (κ3) is 7.17. The first kappa shape index (κ1) is 14.2. The highest BCUT2D eigenvalue weighted by Crippen LogP contribution is 2.11. The maximum absolute atomic E-state index is 9.41. The van der Waals surface area contributed by atoms with Gasteiger partial charge in [0.05, 0.1) is 6.10 Å². The van der Waals surface area contributed by atoms with Gasteiger partial charge in [0.25, 0.3) is 0 Å². The molecule has 0 aliphatic carbocycles. The Labute approximate surface area is 106 Å². The fraction of sp³-hybridized carbons (Fsp3) is 0.625. The molecule has 1 nitrogen and oxygen atoms in total. The fourth-order valence-corrected chi connectivity index (χ4v) is 2.09. The Hall–Kier alpha value is -0.820. The van der Waals surface area contributed by atoms with Crippen molar-refractivity contribution in [2.45, 2.75) is 64.4 Å². The average molecular weight is 234 g/mol. The summed E-state index contributed by atoms with van der Waals surface area (Å²) in [6, 6.07) is 10.7. The van der Waals surface area contributed by atoms with E-state index in [4.69, 9.17) is 0 Å². The number of benzene rings is 1. The Bertz CT molecular complexity index is 268. The van der Waals surface area contributed by atoms with Gasteiger partial charge in [0, 0.05) is 0 Å². The monoisotopic (exact) mass is 234 g/mol. The maximum Gasteiger partial charge on any atom is 0.0537 e. The molecule has 0 fully saturated rings. The van der Waals surface area contributed by atoms with Gasteiger partial charge in [0.1, 0.15) is 0 Å². The second kappa shape index (κ2) is 9.23. The van der Waals surface area contributed by atoms with Crippen LogP contribution in [0.3, 0.4) is 0 Å². The number of hydrogen-bond acceptors (Lipinski definition) is 1. The molecule has 1 rings (SSSR count). The Morgan fingerprint density at radius 1 is 0.941 bits per heavy atom. The zero-order valence-corrected chi connectivity index (χ0v) is 11.1. The first-order valence-corrected chi connectivity index (χ1v) is 7.05. The minimum absolute atomic E-state index is 0.0701. The topological polar surface area (TPSA) is 20.2 Å². The molecule has 0 bridgehead atoms. The van der Waals surface area contributed by atoms with Crippen LogP contribution in [0.15, 0.2) is 30.3 Å². The van der Waals surface area contributed by atoms with E-state index in [9.17, 15) is 5.11 Å². The van der Waals surface area contributed by atoms with E-state index in [2.05, 4.69) is 30.3 Å². The molecule has 0 spiro atoms. The minimum Gasteiger partial charge on any atom is -0.393 e. The van der Waals surface area contributed by atoms with E-state index >= 15 is 0 Å². The summed E-state index contributed by atoms with van der Waals surface area (Å²) in [5.41, 5.74) is 1.45. The summed E-state index contributed by atoms with van der Waals surface area (Å²) < 4.78 is 0. The lowest BCUT2D eigenvalue weighted by atomic mass is 10.0. The van der Waals surface area contributed by atoms with E-state index in [0.29, 0.717) is 0 Å². The summed E-state index contributed by atoms with van der Waals surface area (Å²) in [5, 5.41) is 9.41. The van der Waals surface area contributed by atoms with Crippen LogP contribution < -0.4 is 0 Å². The van der Waals surface area contributed by atoms with Gasteiger partial charge in [-0.05, 0) is 31.2 Å². The van der Waals surface area contributed by atoms with Crippen LogP contribution in [-0.4, -0.2) is 11.2 Å². The van der Waals surface area contributed by atoms with E-state index in [0.717, 1.165) is 12.8 Å². The van der Waals surface area contributed by atoms with Crippen LogP contribution in [-0.2, 0) is 6.42 Å². The molecule has 1 heteroatoms. The van der Waals surface area contributed by atoms with E-state index in [-0.39, 0.29) is 6.10 Å². The quantitative estimate of drug-likeness (QED) is 0.630. The lowest BCUT2D eigenvalue weighted by Crippen LogP contribution is -2.03. The highest BCUT2D eigenvalue weighted by molar-refractivity contribution is 5.14. The molecule has 1 aromatic rings. The number of aryl methyl sites for hydroxylation is 1. The molecule has 17 heavy (non-hydrogen) atoms. The molecular weight excluding hydrogens is 208 g/mol. The van der Waals surface area contributed by atoms with Gasteiger partial charge in [-0.1, -0.05) is 62.9 Å². The fourth-order valence-electron chi connectivity index (χ4n) is 2.09. The smallest absolute Gasteiger partial charge is 0.0537 e. The van der Waals surface area contributed by atoms with E-state index in [1.54, 1.807) is 0 Å². The first-order valence-electron chi connectivity index (χ1n) is 7.05. The third-order valence-corrected chi connectivity index (χ3v) is 3.32. The van der Waals surface area contributed by atoms with Crippen molar-refractivity contribution in [1.82, 2.24) is 0 Å². The first-order chi connectivity index (χ1) is 8.33. The Morgan fingerprint density at radius 2 is 1.59 bits per heavy atom. The zero-order valence-electron chi connectivity index (χ0n) is 11.1. The number of rotatable bonds is 9. The van der Waals surface area contributed by atoms with Crippen LogP contribution in [0.25, 0.3) is 0 Å². The molecule has 0 unspecified atom stereocenters. The van der Waals surface area contributed by atoms with Crippen molar-refractivity contribution in [2.75, 3.05) is 0 Å². The van der Waals surface area contributed by atoms with E-state index in [1.165, 1.54) is 44.1 Å². The summed E-state index contributed by atoms with van der Waals surface area (Å²) in [7, 11) is 0. The lowest BCUT2D eigenvalue weighted by molar-refractivity contribution is 0.156. The van der Waals surface area contributed by atoms with Crippen LogP contribution in [0.2, 0.25) is 0 Å². The maximum atomic E-state index is 9.41. The Morgan fingerprint density at radius 3 is 2.29 bits per heavy atom. The van der Waals surface area contributed by atoms with Crippen molar-refractivity contribution in [2.24, 2.45) is 0 Å². The molecule has 1 N–H and O–H groups in total. The Balaban J connectivity index is 1.91. The lowest BCUT2D eigenvalue weighted by Gasteiger charge is -2.06. The molecule has 0 heterocycles.